The van der Waals surface area contributed by atoms with Crippen LogP contribution in [0, 0.1) is 23.6 Å². The largest absolute Gasteiger partial charge is 0.466 e. The molecular formula is C23H32FN3O3. The lowest BCUT2D eigenvalue weighted by atomic mass is 9.79. The molecule has 3 N–H and O–H groups in total. The first-order valence-electron chi connectivity index (χ1n) is 11.2. The molecule has 30 heavy (non-hydrogen) atoms. The summed E-state index contributed by atoms with van der Waals surface area (Å²) in [6.45, 7) is 5.14. The first-order chi connectivity index (χ1) is 14.5. The maximum Gasteiger partial charge on any atom is 0.309 e. The van der Waals surface area contributed by atoms with Crippen LogP contribution in [-0.4, -0.2) is 35.8 Å². The minimum Gasteiger partial charge on any atom is -0.466 e. The monoisotopic (exact) mass is 417 g/mol. The van der Waals surface area contributed by atoms with Gasteiger partial charge in [0, 0.05) is 12.5 Å². The molecule has 1 saturated carbocycles. The number of benzene rings is 1. The predicted molar refractivity (Wildman–Crippen MR) is 112 cm³/mol. The van der Waals surface area contributed by atoms with Crippen molar-refractivity contribution in [2.75, 3.05) is 19.8 Å². The average molecular weight is 418 g/mol. The smallest absolute Gasteiger partial charge is 0.309 e. The number of nitrogens with zero attached hydrogens (tertiary/aromatic N) is 1. The van der Waals surface area contributed by atoms with E-state index in [1.807, 2.05) is 6.07 Å². The standard InChI is InChI=1S/C23H32FN3O3/c1-3-30-23(28)16-10-11-29-12-17(16)15-8-9-18-21(19(15)24)27-22(26-18)20(25)14-6-4-13(2)5-7-14/h8-9,13-14,16-17,20H,3-7,10-12,25H2,1-2H3,(H,26,27). The summed E-state index contributed by atoms with van der Waals surface area (Å²) < 4.78 is 26.3. The summed E-state index contributed by atoms with van der Waals surface area (Å²) in [6, 6.07) is 3.34. The highest BCUT2D eigenvalue weighted by atomic mass is 19.1. The van der Waals surface area contributed by atoms with E-state index < -0.39 is 11.7 Å². The number of imidazole rings is 1. The number of hydrogen-bond acceptors (Lipinski definition) is 5. The van der Waals surface area contributed by atoms with Crippen LogP contribution in [0.4, 0.5) is 4.39 Å². The van der Waals surface area contributed by atoms with Gasteiger partial charge in [0.25, 0.3) is 0 Å². The first-order valence-corrected chi connectivity index (χ1v) is 11.2. The highest BCUT2D eigenvalue weighted by Crippen LogP contribution is 2.38. The molecule has 2 heterocycles. The van der Waals surface area contributed by atoms with Gasteiger partial charge in [-0.25, -0.2) is 9.37 Å². The zero-order chi connectivity index (χ0) is 21.3. The maximum atomic E-state index is 15.5. The van der Waals surface area contributed by atoms with Gasteiger partial charge in [-0.15, -0.1) is 0 Å². The summed E-state index contributed by atoms with van der Waals surface area (Å²) in [6.07, 6.45) is 5.03. The second-order valence-electron chi connectivity index (χ2n) is 8.86. The molecule has 6 nitrogen and oxygen atoms in total. The van der Waals surface area contributed by atoms with Crippen LogP contribution < -0.4 is 5.73 Å². The summed E-state index contributed by atoms with van der Waals surface area (Å²) >= 11 is 0. The van der Waals surface area contributed by atoms with E-state index in [1.54, 1.807) is 13.0 Å². The van der Waals surface area contributed by atoms with Crippen molar-refractivity contribution >= 4 is 17.0 Å². The van der Waals surface area contributed by atoms with E-state index in [4.69, 9.17) is 15.2 Å². The van der Waals surface area contributed by atoms with Crippen LogP contribution in [0.25, 0.3) is 11.0 Å². The van der Waals surface area contributed by atoms with Crippen molar-refractivity contribution in [3.05, 3.63) is 29.3 Å². The van der Waals surface area contributed by atoms with Gasteiger partial charge in [0.1, 0.15) is 11.3 Å². The van der Waals surface area contributed by atoms with Crippen LogP contribution in [0.1, 0.15) is 69.3 Å². The number of halogens is 1. The van der Waals surface area contributed by atoms with Gasteiger partial charge in [0.2, 0.25) is 0 Å². The van der Waals surface area contributed by atoms with Crippen LogP contribution in [0.15, 0.2) is 12.1 Å². The van der Waals surface area contributed by atoms with Gasteiger partial charge in [-0.3, -0.25) is 4.79 Å². The van der Waals surface area contributed by atoms with Crippen LogP contribution in [0.3, 0.4) is 0 Å². The Bertz CT molecular complexity index is 891. The summed E-state index contributed by atoms with van der Waals surface area (Å²) in [7, 11) is 0. The molecule has 0 amide bonds. The van der Waals surface area contributed by atoms with Gasteiger partial charge in [-0.1, -0.05) is 25.8 Å². The number of rotatable bonds is 5. The van der Waals surface area contributed by atoms with Crippen molar-refractivity contribution in [2.45, 2.75) is 57.9 Å². The quantitative estimate of drug-likeness (QED) is 0.711. The number of nitrogens with two attached hydrogens (primary N) is 1. The van der Waals surface area contributed by atoms with Crippen molar-refractivity contribution < 1.29 is 18.7 Å². The number of H-pyrrole nitrogens is 1. The van der Waals surface area contributed by atoms with Gasteiger partial charge in [-0.05, 0) is 49.7 Å². The molecular weight excluding hydrogens is 385 g/mol. The number of aromatic amines is 1. The second kappa shape index (κ2) is 9.02. The van der Waals surface area contributed by atoms with Crippen molar-refractivity contribution in [3.8, 4) is 0 Å². The number of aromatic nitrogens is 2. The van der Waals surface area contributed by atoms with E-state index >= 15 is 4.39 Å². The molecule has 0 spiro atoms. The molecule has 2 aromatic rings. The lowest BCUT2D eigenvalue weighted by Gasteiger charge is -2.30. The minimum atomic E-state index is -0.407. The molecule has 7 heteroatoms. The van der Waals surface area contributed by atoms with Gasteiger partial charge in [-0.2, -0.15) is 0 Å². The van der Waals surface area contributed by atoms with E-state index in [-0.39, 0.29) is 23.4 Å². The zero-order valence-corrected chi connectivity index (χ0v) is 17.8. The Morgan fingerprint density at radius 1 is 1.33 bits per heavy atom. The molecule has 3 unspecified atom stereocenters. The average Bonchev–Trinajstić information content (AvgIpc) is 3.20. The fourth-order valence-electron chi connectivity index (χ4n) is 4.97. The van der Waals surface area contributed by atoms with E-state index in [0.29, 0.717) is 49.1 Å². The summed E-state index contributed by atoms with van der Waals surface area (Å²) in [5, 5.41) is 0. The van der Waals surface area contributed by atoms with E-state index in [2.05, 4.69) is 16.9 Å². The van der Waals surface area contributed by atoms with Crippen LogP contribution in [0.5, 0.6) is 0 Å². The third-order valence-corrected chi connectivity index (χ3v) is 6.87. The van der Waals surface area contributed by atoms with Gasteiger partial charge in [0.05, 0.1) is 30.7 Å². The van der Waals surface area contributed by atoms with Gasteiger partial charge in [0.15, 0.2) is 5.82 Å². The molecule has 1 saturated heterocycles. The third kappa shape index (κ3) is 4.10. The summed E-state index contributed by atoms with van der Waals surface area (Å²) in [5.74, 6) is 0.276. The Morgan fingerprint density at radius 2 is 2.10 bits per heavy atom. The lowest BCUT2D eigenvalue weighted by molar-refractivity contribution is -0.152. The molecule has 1 aliphatic carbocycles. The first kappa shape index (κ1) is 21.2. The lowest BCUT2D eigenvalue weighted by Crippen LogP contribution is -2.33. The number of nitrogens with one attached hydrogen (secondary N) is 1. The van der Waals surface area contributed by atoms with Crippen LogP contribution >= 0.6 is 0 Å². The molecule has 1 aromatic carbocycles. The highest BCUT2D eigenvalue weighted by Gasteiger charge is 2.36. The van der Waals surface area contributed by atoms with Crippen molar-refractivity contribution in [1.29, 1.82) is 0 Å². The fourth-order valence-corrected chi connectivity index (χ4v) is 4.97. The molecule has 1 aliphatic heterocycles. The van der Waals surface area contributed by atoms with Gasteiger partial charge < -0.3 is 20.2 Å². The number of esters is 1. The normalized spacial score (nSPS) is 28.4. The number of hydrogen-bond donors (Lipinski definition) is 2. The van der Waals surface area contributed by atoms with Crippen molar-refractivity contribution in [3.63, 3.8) is 0 Å². The highest BCUT2D eigenvalue weighted by molar-refractivity contribution is 5.78. The molecule has 3 atom stereocenters. The zero-order valence-electron chi connectivity index (χ0n) is 17.8. The molecule has 0 bridgehead atoms. The molecule has 2 aliphatic rings. The maximum absolute atomic E-state index is 15.5. The Balaban J connectivity index is 1.61. The summed E-state index contributed by atoms with van der Waals surface area (Å²) in [5.41, 5.74) is 7.89. The third-order valence-electron chi connectivity index (χ3n) is 6.87. The molecule has 4 rings (SSSR count). The van der Waals surface area contributed by atoms with Crippen molar-refractivity contribution in [1.82, 2.24) is 9.97 Å². The number of fused-ring (bicyclic) bond motifs is 1. The second-order valence-corrected chi connectivity index (χ2v) is 8.86. The molecule has 2 fully saturated rings. The van der Waals surface area contributed by atoms with Crippen molar-refractivity contribution in [2.24, 2.45) is 23.5 Å². The van der Waals surface area contributed by atoms with E-state index in [9.17, 15) is 4.79 Å². The summed E-state index contributed by atoms with van der Waals surface area (Å²) in [4.78, 5) is 20.2. The molecule has 164 valence electrons. The Hall–Kier alpha value is -1.99. The topological polar surface area (TPSA) is 90.2 Å². The Kier molecular flexibility index (Phi) is 6.39. The van der Waals surface area contributed by atoms with Gasteiger partial charge >= 0.3 is 5.97 Å². The fraction of sp³-hybridized carbons (Fsp3) is 0.652. The Labute approximate surface area is 176 Å². The SMILES string of the molecule is CCOC(=O)C1CCOCC1c1ccc2[nH]c(C(N)C3CCC(C)CC3)nc2c1F. The van der Waals surface area contributed by atoms with E-state index in [1.165, 1.54) is 12.8 Å². The van der Waals surface area contributed by atoms with Crippen LogP contribution in [-0.2, 0) is 14.3 Å². The number of carbonyl (C=O) groups excluding carboxylic acids is 1. The number of ether oxygens (including phenoxy) is 2. The minimum absolute atomic E-state index is 0.224. The van der Waals surface area contributed by atoms with E-state index in [0.717, 1.165) is 18.8 Å². The predicted octanol–water partition coefficient (Wildman–Crippen LogP) is 4.21. The molecule has 1 aromatic heterocycles. The van der Waals surface area contributed by atoms with Crippen LogP contribution in [0.2, 0.25) is 0 Å². The number of carbonyl (C=O) groups is 1. The molecule has 0 radical (unpaired) electrons. The Morgan fingerprint density at radius 3 is 2.83 bits per heavy atom.